The minimum atomic E-state index is -0.239. The highest BCUT2D eigenvalue weighted by Crippen LogP contribution is 2.31. The number of rotatable bonds is 5. The number of anilines is 1. The first-order valence-electron chi connectivity index (χ1n) is 11.8. The highest BCUT2D eigenvalue weighted by atomic mass is 19.1. The predicted molar refractivity (Wildman–Crippen MR) is 123 cm³/mol. The number of piperidine rings is 1. The molecule has 1 saturated carbocycles. The summed E-state index contributed by atoms with van der Waals surface area (Å²) < 4.78 is 13.1. The van der Waals surface area contributed by atoms with Crippen molar-refractivity contribution in [3.8, 4) is 0 Å². The number of nitrogens with zero attached hydrogens (tertiary/aromatic N) is 3. The second-order valence-electron chi connectivity index (χ2n) is 9.14. The number of benzene rings is 1. The maximum absolute atomic E-state index is 13.1. The summed E-state index contributed by atoms with van der Waals surface area (Å²) in [5, 5.41) is 11.7. The van der Waals surface area contributed by atoms with Crippen LogP contribution in [0.25, 0.3) is 11.0 Å². The molecule has 0 bridgehead atoms. The number of hydrogen-bond donors (Lipinski definition) is 2. The van der Waals surface area contributed by atoms with Crippen LogP contribution >= 0.6 is 0 Å². The summed E-state index contributed by atoms with van der Waals surface area (Å²) in [6, 6.07) is 10.6. The van der Waals surface area contributed by atoms with E-state index in [4.69, 9.17) is 4.98 Å². The number of aromatic amines is 1. The van der Waals surface area contributed by atoms with Gasteiger partial charge in [-0.05, 0) is 55.5 Å². The van der Waals surface area contributed by atoms with Crippen LogP contribution in [0.3, 0.4) is 0 Å². The Morgan fingerprint density at radius 2 is 1.88 bits per heavy atom. The van der Waals surface area contributed by atoms with Crippen LogP contribution in [0.5, 0.6) is 0 Å². The first kappa shape index (κ1) is 20.9. The third-order valence-corrected chi connectivity index (χ3v) is 6.92. The van der Waals surface area contributed by atoms with Crippen LogP contribution in [0.15, 0.2) is 36.4 Å². The van der Waals surface area contributed by atoms with E-state index in [1.165, 1.54) is 31.4 Å². The molecule has 2 fully saturated rings. The molecule has 1 saturated heterocycles. The van der Waals surface area contributed by atoms with Crippen molar-refractivity contribution in [3.05, 3.63) is 53.5 Å². The van der Waals surface area contributed by atoms with Gasteiger partial charge in [0.05, 0.1) is 5.39 Å². The normalized spacial score (nSPS) is 19.9. The molecule has 7 heteroatoms. The van der Waals surface area contributed by atoms with E-state index in [0.717, 1.165) is 66.9 Å². The fourth-order valence-corrected chi connectivity index (χ4v) is 5.10. The Hall–Kier alpha value is -2.96. The van der Waals surface area contributed by atoms with Gasteiger partial charge in [0, 0.05) is 37.2 Å². The highest BCUT2D eigenvalue weighted by Gasteiger charge is 2.30. The molecule has 1 aliphatic carbocycles. The number of halogens is 1. The number of H-pyrrole nitrogens is 1. The van der Waals surface area contributed by atoms with Gasteiger partial charge in [-0.3, -0.25) is 9.89 Å². The number of carbonyl (C=O) groups excluding carboxylic acids is 1. The molecular weight excluding hydrogens is 405 g/mol. The van der Waals surface area contributed by atoms with Crippen LogP contribution in [0.4, 0.5) is 10.2 Å². The summed E-state index contributed by atoms with van der Waals surface area (Å²) >= 11 is 0. The van der Waals surface area contributed by atoms with Crippen LogP contribution in [0.1, 0.15) is 62.1 Å². The maximum atomic E-state index is 13.1. The van der Waals surface area contributed by atoms with Crippen molar-refractivity contribution >= 4 is 22.8 Å². The number of nitrogens with one attached hydrogen (secondary N) is 2. The molecule has 2 N–H and O–H groups in total. The minimum absolute atomic E-state index is 0.222. The minimum Gasteiger partial charge on any atom is -0.364 e. The van der Waals surface area contributed by atoms with Crippen molar-refractivity contribution in [2.75, 3.05) is 18.4 Å². The standard InChI is InChI=1S/C25H30FN5O/c26-20-10-8-17(9-11-20)15-27-23-21-12-13-22(28-24(21)30-29-23)19-7-4-14-31(16-19)25(32)18-5-2-1-3-6-18/h8-13,18-19H,1-7,14-16H2,(H2,27,28,29,30). The quantitative estimate of drug-likeness (QED) is 0.592. The van der Waals surface area contributed by atoms with Crippen LogP contribution < -0.4 is 5.32 Å². The largest absolute Gasteiger partial charge is 0.364 e. The molecule has 168 valence electrons. The lowest BCUT2D eigenvalue weighted by Gasteiger charge is -2.35. The Balaban J connectivity index is 1.26. The van der Waals surface area contributed by atoms with Crippen molar-refractivity contribution in [2.24, 2.45) is 5.92 Å². The summed E-state index contributed by atoms with van der Waals surface area (Å²) in [4.78, 5) is 19.9. The molecule has 1 aliphatic heterocycles. The first-order valence-corrected chi connectivity index (χ1v) is 11.8. The molecule has 0 radical (unpaired) electrons. The topological polar surface area (TPSA) is 73.9 Å². The van der Waals surface area contributed by atoms with Gasteiger partial charge in [-0.25, -0.2) is 9.37 Å². The average molecular weight is 436 g/mol. The zero-order valence-corrected chi connectivity index (χ0v) is 18.3. The van der Waals surface area contributed by atoms with E-state index in [1.807, 2.05) is 0 Å². The molecule has 32 heavy (non-hydrogen) atoms. The van der Waals surface area contributed by atoms with E-state index in [0.29, 0.717) is 12.5 Å². The SMILES string of the molecule is O=C(C1CCCCC1)N1CCCC(c2ccc3c(NCc4ccc(F)cc4)n[nH]c3n2)C1. The average Bonchev–Trinajstić information content (AvgIpc) is 3.26. The van der Waals surface area contributed by atoms with Crippen LogP contribution in [0, 0.1) is 11.7 Å². The molecule has 1 aromatic carbocycles. The Morgan fingerprint density at radius 1 is 1.06 bits per heavy atom. The third kappa shape index (κ3) is 4.47. The van der Waals surface area contributed by atoms with Crippen molar-refractivity contribution in [1.82, 2.24) is 20.1 Å². The summed E-state index contributed by atoms with van der Waals surface area (Å²) in [7, 11) is 0. The summed E-state index contributed by atoms with van der Waals surface area (Å²) in [5.74, 6) is 1.34. The molecule has 3 heterocycles. The zero-order chi connectivity index (χ0) is 21.9. The van der Waals surface area contributed by atoms with Crippen LogP contribution in [-0.4, -0.2) is 39.1 Å². The second-order valence-corrected chi connectivity index (χ2v) is 9.14. The van der Waals surface area contributed by atoms with Gasteiger partial charge in [0.2, 0.25) is 5.91 Å². The number of likely N-dealkylation sites (tertiary alicyclic amines) is 1. The second kappa shape index (κ2) is 9.27. The van der Waals surface area contributed by atoms with Crippen molar-refractivity contribution in [2.45, 2.75) is 57.4 Å². The number of carbonyl (C=O) groups is 1. The van der Waals surface area contributed by atoms with Gasteiger partial charge in [0.25, 0.3) is 0 Å². The Bertz CT molecular complexity index is 1070. The number of amides is 1. The van der Waals surface area contributed by atoms with E-state index in [1.54, 1.807) is 12.1 Å². The third-order valence-electron chi connectivity index (χ3n) is 6.92. The van der Waals surface area contributed by atoms with E-state index in [9.17, 15) is 9.18 Å². The lowest BCUT2D eigenvalue weighted by atomic mass is 9.86. The first-order chi connectivity index (χ1) is 15.7. The molecule has 2 aliphatic rings. The smallest absolute Gasteiger partial charge is 0.225 e. The predicted octanol–water partition coefficient (Wildman–Crippen LogP) is 5.00. The molecule has 5 rings (SSSR count). The number of aromatic nitrogens is 3. The van der Waals surface area contributed by atoms with Crippen molar-refractivity contribution < 1.29 is 9.18 Å². The molecule has 3 aromatic rings. The molecule has 6 nitrogen and oxygen atoms in total. The molecule has 0 spiro atoms. The van der Waals surface area contributed by atoms with E-state index in [2.05, 4.69) is 32.5 Å². The van der Waals surface area contributed by atoms with Gasteiger partial charge < -0.3 is 10.2 Å². The Morgan fingerprint density at radius 3 is 2.69 bits per heavy atom. The van der Waals surface area contributed by atoms with E-state index in [-0.39, 0.29) is 17.7 Å². The van der Waals surface area contributed by atoms with Gasteiger partial charge in [0.1, 0.15) is 5.82 Å². The number of fused-ring (bicyclic) bond motifs is 1. The fraction of sp³-hybridized carbons (Fsp3) is 0.480. The zero-order valence-electron chi connectivity index (χ0n) is 18.3. The van der Waals surface area contributed by atoms with Gasteiger partial charge in [-0.2, -0.15) is 5.10 Å². The van der Waals surface area contributed by atoms with Crippen molar-refractivity contribution in [3.63, 3.8) is 0 Å². The maximum Gasteiger partial charge on any atom is 0.225 e. The summed E-state index contributed by atoms with van der Waals surface area (Å²) in [5.41, 5.74) is 2.75. The molecular formula is C25H30FN5O. The molecule has 1 amide bonds. The summed E-state index contributed by atoms with van der Waals surface area (Å²) in [6.45, 7) is 2.19. The number of pyridine rings is 1. The molecule has 1 unspecified atom stereocenters. The molecule has 2 aromatic heterocycles. The fourth-order valence-electron chi connectivity index (χ4n) is 5.10. The highest BCUT2D eigenvalue weighted by molar-refractivity contribution is 5.87. The van der Waals surface area contributed by atoms with Crippen LogP contribution in [-0.2, 0) is 11.3 Å². The lowest BCUT2D eigenvalue weighted by molar-refractivity contribution is -0.137. The van der Waals surface area contributed by atoms with Gasteiger partial charge in [-0.15, -0.1) is 0 Å². The van der Waals surface area contributed by atoms with Gasteiger partial charge >= 0.3 is 0 Å². The Kier molecular flexibility index (Phi) is 6.06. The van der Waals surface area contributed by atoms with Gasteiger partial charge in [0.15, 0.2) is 11.5 Å². The molecule has 1 atom stereocenters. The lowest BCUT2D eigenvalue weighted by Crippen LogP contribution is -2.43. The van der Waals surface area contributed by atoms with Gasteiger partial charge in [-0.1, -0.05) is 31.4 Å². The van der Waals surface area contributed by atoms with E-state index < -0.39 is 0 Å². The Labute approximate surface area is 187 Å². The van der Waals surface area contributed by atoms with Crippen LogP contribution in [0.2, 0.25) is 0 Å². The van der Waals surface area contributed by atoms with E-state index >= 15 is 0 Å². The summed E-state index contributed by atoms with van der Waals surface area (Å²) in [6.07, 6.45) is 7.80. The van der Waals surface area contributed by atoms with Crippen molar-refractivity contribution in [1.29, 1.82) is 0 Å². The monoisotopic (exact) mass is 435 g/mol. The number of hydrogen-bond acceptors (Lipinski definition) is 4.